The highest BCUT2D eigenvalue weighted by molar-refractivity contribution is 7.25. The van der Waals surface area contributed by atoms with Crippen LogP contribution < -0.4 is 4.90 Å². The standard InChI is InChI=1S/C58H45NS/c1-58(2,3)55-39-46(40-14-6-4-7-15-40)28-36-52(55)44-26-34-49(35-27-44)59(48-32-24-43(25-33-48)51-19-11-10-18-50(51)42-16-8-5-9-17-42)47-30-22-41(23-31-47)45-29-37-57-54(38-45)53-20-12-13-21-56(53)60-57/h4-39H,1-3H3. The summed E-state index contributed by atoms with van der Waals surface area (Å²) in [6.07, 6.45) is 0. The van der Waals surface area contributed by atoms with E-state index >= 15 is 0 Å². The fourth-order valence-electron chi connectivity index (χ4n) is 8.57. The molecule has 0 saturated carbocycles. The Hall–Kier alpha value is -7.00. The summed E-state index contributed by atoms with van der Waals surface area (Å²) >= 11 is 1.86. The van der Waals surface area contributed by atoms with Gasteiger partial charge in [0.15, 0.2) is 0 Å². The van der Waals surface area contributed by atoms with Crippen molar-refractivity contribution in [2.75, 3.05) is 4.90 Å². The van der Waals surface area contributed by atoms with Crippen molar-refractivity contribution in [2.24, 2.45) is 0 Å². The summed E-state index contributed by atoms with van der Waals surface area (Å²) in [6.45, 7) is 6.93. The Bertz CT molecular complexity index is 3080. The van der Waals surface area contributed by atoms with Crippen LogP contribution in [0.4, 0.5) is 17.1 Å². The van der Waals surface area contributed by atoms with Gasteiger partial charge in [0, 0.05) is 37.2 Å². The summed E-state index contributed by atoms with van der Waals surface area (Å²) in [5.74, 6) is 0. The monoisotopic (exact) mass is 787 g/mol. The summed E-state index contributed by atoms with van der Waals surface area (Å²) in [7, 11) is 0. The molecule has 10 rings (SSSR count). The lowest BCUT2D eigenvalue weighted by Gasteiger charge is -2.27. The summed E-state index contributed by atoms with van der Waals surface area (Å²) < 4.78 is 2.65. The van der Waals surface area contributed by atoms with Gasteiger partial charge >= 0.3 is 0 Å². The lowest BCUT2D eigenvalue weighted by atomic mass is 9.80. The second kappa shape index (κ2) is 15.6. The molecule has 0 spiro atoms. The van der Waals surface area contributed by atoms with Crippen molar-refractivity contribution in [3.8, 4) is 55.6 Å². The first-order chi connectivity index (χ1) is 29.4. The number of anilines is 3. The highest BCUT2D eigenvalue weighted by Gasteiger charge is 2.21. The first kappa shape index (κ1) is 37.3. The minimum Gasteiger partial charge on any atom is -0.311 e. The molecular formula is C58H45NS. The second-order valence-corrected chi connectivity index (χ2v) is 17.7. The highest BCUT2D eigenvalue weighted by Crippen LogP contribution is 2.42. The van der Waals surface area contributed by atoms with Gasteiger partial charge in [0.05, 0.1) is 0 Å². The van der Waals surface area contributed by atoms with E-state index in [-0.39, 0.29) is 5.41 Å². The smallest absolute Gasteiger partial charge is 0.0462 e. The maximum Gasteiger partial charge on any atom is 0.0462 e. The Balaban J connectivity index is 1.04. The third kappa shape index (κ3) is 7.21. The van der Waals surface area contributed by atoms with Crippen LogP contribution in [0.1, 0.15) is 26.3 Å². The average molecular weight is 788 g/mol. The van der Waals surface area contributed by atoms with Gasteiger partial charge in [-0.3, -0.25) is 0 Å². The molecule has 0 saturated heterocycles. The number of hydrogen-bond donors (Lipinski definition) is 0. The van der Waals surface area contributed by atoms with Gasteiger partial charge in [-0.1, -0.05) is 185 Å². The molecule has 60 heavy (non-hydrogen) atoms. The molecule has 0 fully saturated rings. The SMILES string of the molecule is CC(C)(C)c1cc(-c2ccccc2)ccc1-c1ccc(N(c2ccc(-c3ccc4sc5ccccc5c4c3)cc2)c2ccc(-c3ccccc3-c3ccccc3)cc2)cc1. The number of benzene rings is 9. The van der Waals surface area contributed by atoms with E-state index in [1.165, 1.54) is 81.4 Å². The Kier molecular flexibility index (Phi) is 9.72. The van der Waals surface area contributed by atoms with Crippen LogP contribution in [0.3, 0.4) is 0 Å². The quantitative estimate of drug-likeness (QED) is 0.148. The summed E-state index contributed by atoms with van der Waals surface area (Å²) in [4.78, 5) is 2.37. The van der Waals surface area contributed by atoms with Gasteiger partial charge in [0.25, 0.3) is 0 Å². The van der Waals surface area contributed by atoms with Gasteiger partial charge in [-0.05, 0) is 121 Å². The zero-order valence-electron chi connectivity index (χ0n) is 34.1. The first-order valence-electron chi connectivity index (χ1n) is 20.7. The number of nitrogens with zero attached hydrogens (tertiary/aromatic N) is 1. The largest absolute Gasteiger partial charge is 0.311 e. The molecule has 1 aromatic heterocycles. The second-order valence-electron chi connectivity index (χ2n) is 16.6. The maximum absolute atomic E-state index is 2.38. The third-order valence-corrected chi connectivity index (χ3v) is 12.8. The predicted molar refractivity (Wildman–Crippen MR) is 260 cm³/mol. The van der Waals surface area contributed by atoms with E-state index in [2.05, 4.69) is 244 Å². The summed E-state index contributed by atoms with van der Waals surface area (Å²) in [6, 6.07) is 79.8. The van der Waals surface area contributed by atoms with Gasteiger partial charge in [-0.2, -0.15) is 0 Å². The topological polar surface area (TPSA) is 3.24 Å². The zero-order chi connectivity index (χ0) is 40.6. The van der Waals surface area contributed by atoms with E-state index in [0.29, 0.717) is 0 Å². The van der Waals surface area contributed by atoms with E-state index in [1.54, 1.807) is 0 Å². The molecule has 1 nitrogen and oxygen atoms in total. The molecule has 0 bridgehead atoms. The molecule has 288 valence electrons. The fraction of sp³-hybridized carbons (Fsp3) is 0.0690. The molecule has 0 aliphatic carbocycles. The predicted octanol–water partition coefficient (Wildman–Crippen LogP) is 17.2. The van der Waals surface area contributed by atoms with Crippen molar-refractivity contribution in [1.82, 2.24) is 0 Å². The molecule has 0 unspecified atom stereocenters. The lowest BCUT2D eigenvalue weighted by molar-refractivity contribution is 0.592. The fourth-order valence-corrected chi connectivity index (χ4v) is 9.65. The Morgan fingerprint density at radius 3 is 1.33 bits per heavy atom. The third-order valence-electron chi connectivity index (χ3n) is 11.7. The maximum atomic E-state index is 2.38. The molecular weight excluding hydrogens is 743 g/mol. The molecule has 9 aromatic carbocycles. The van der Waals surface area contributed by atoms with Crippen LogP contribution in [-0.4, -0.2) is 0 Å². The lowest BCUT2D eigenvalue weighted by Crippen LogP contribution is -2.13. The molecule has 0 radical (unpaired) electrons. The highest BCUT2D eigenvalue weighted by atomic mass is 32.1. The Morgan fingerprint density at radius 1 is 0.317 bits per heavy atom. The molecule has 0 aliphatic rings. The first-order valence-corrected chi connectivity index (χ1v) is 21.6. The van der Waals surface area contributed by atoms with Crippen molar-refractivity contribution in [3.05, 3.63) is 224 Å². The van der Waals surface area contributed by atoms with Crippen LogP contribution in [0.5, 0.6) is 0 Å². The van der Waals surface area contributed by atoms with E-state index in [0.717, 1.165) is 17.1 Å². The van der Waals surface area contributed by atoms with E-state index in [4.69, 9.17) is 0 Å². The molecule has 1 heterocycles. The minimum absolute atomic E-state index is 0.0332. The van der Waals surface area contributed by atoms with Crippen LogP contribution in [0.25, 0.3) is 75.8 Å². The molecule has 2 heteroatoms. The minimum atomic E-state index is -0.0332. The molecule has 0 amide bonds. The Morgan fingerprint density at radius 2 is 0.733 bits per heavy atom. The van der Waals surface area contributed by atoms with Gasteiger partial charge in [0.1, 0.15) is 0 Å². The van der Waals surface area contributed by atoms with Gasteiger partial charge in [-0.15, -0.1) is 11.3 Å². The average Bonchev–Trinajstić information content (AvgIpc) is 3.68. The normalized spacial score (nSPS) is 11.6. The van der Waals surface area contributed by atoms with Crippen molar-refractivity contribution in [3.63, 3.8) is 0 Å². The number of thiophene rings is 1. The summed E-state index contributed by atoms with van der Waals surface area (Å²) in [5.41, 5.74) is 16.9. The van der Waals surface area contributed by atoms with Crippen LogP contribution in [0.2, 0.25) is 0 Å². The molecule has 0 N–H and O–H groups in total. The van der Waals surface area contributed by atoms with Crippen molar-refractivity contribution in [2.45, 2.75) is 26.2 Å². The van der Waals surface area contributed by atoms with Crippen molar-refractivity contribution >= 4 is 48.6 Å². The van der Waals surface area contributed by atoms with Gasteiger partial charge in [0.2, 0.25) is 0 Å². The van der Waals surface area contributed by atoms with E-state index in [9.17, 15) is 0 Å². The van der Waals surface area contributed by atoms with Crippen LogP contribution >= 0.6 is 11.3 Å². The van der Waals surface area contributed by atoms with Crippen molar-refractivity contribution in [1.29, 1.82) is 0 Å². The van der Waals surface area contributed by atoms with Crippen molar-refractivity contribution < 1.29 is 0 Å². The number of fused-ring (bicyclic) bond motifs is 3. The van der Waals surface area contributed by atoms with E-state index < -0.39 is 0 Å². The van der Waals surface area contributed by atoms with Crippen LogP contribution in [0.15, 0.2) is 218 Å². The summed E-state index contributed by atoms with van der Waals surface area (Å²) in [5, 5.41) is 2.64. The van der Waals surface area contributed by atoms with Gasteiger partial charge < -0.3 is 4.90 Å². The van der Waals surface area contributed by atoms with E-state index in [1.807, 2.05) is 11.3 Å². The van der Waals surface area contributed by atoms with Crippen LogP contribution in [-0.2, 0) is 5.41 Å². The molecule has 0 aliphatic heterocycles. The molecule has 0 atom stereocenters. The Labute approximate surface area is 357 Å². The number of hydrogen-bond acceptors (Lipinski definition) is 2. The van der Waals surface area contributed by atoms with Crippen LogP contribution in [0, 0.1) is 0 Å². The molecule has 10 aromatic rings. The van der Waals surface area contributed by atoms with Gasteiger partial charge in [-0.25, -0.2) is 0 Å². The zero-order valence-corrected chi connectivity index (χ0v) is 35.0. The number of rotatable bonds is 8.